The van der Waals surface area contributed by atoms with E-state index in [1.54, 1.807) is 18.3 Å². The minimum atomic E-state index is -1.14. The van der Waals surface area contributed by atoms with Crippen LogP contribution in [0.2, 0.25) is 0 Å². The van der Waals surface area contributed by atoms with Gasteiger partial charge in [-0.05, 0) is 11.6 Å². The fraction of sp³-hybridized carbons (Fsp3) is 0.182. The number of fused-ring (bicyclic) bond motifs is 1. The number of non-ortho nitro benzene ring substituents is 1. The molecule has 1 aromatic heterocycles. The zero-order chi connectivity index (χ0) is 13.3. The van der Waals surface area contributed by atoms with Crippen LogP contribution in [0.3, 0.4) is 0 Å². The Kier molecular flexibility index (Phi) is 2.99. The molecule has 1 aromatic carbocycles. The molecule has 0 saturated heterocycles. The number of nitro groups is 1. The molecule has 2 aromatic rings. The first-order chi connectivity index (χ1) is 8.50. The number of carbonyl (C=O) groups is 1. The highest BCUT2D eigenvalue weighted by Crippen LogP contribution is 2.28. The first kappa shape index (κ1) is 12.1. The molecular formula is C11H11N3O4. The largest absolute Gasteiger partial charge is 0.480 e. The van der Waals surface area contributed by atoms with Crippen molar-refractivity contribution in [1.82, 2.24) is 4.98 Å². The summed E-state index contributed by atoms with van der Waals surface area (Å²) in [5, 5.41) is 20.1. The van der Waals surface area contributed by atoms with Gasteiger partial charge in [0, 0.05) is 18.7 Å². The van der Waals surface area contributed by atoms with E-state index in [9.17, 15) is 14.9 Å². The van der Waals surface area contributed by atoms with Crippen LogP contribution in [0.25, 0.3) is 10.9 Å². The molecule has 0 unspecified atom stereocenters. The average Bonchev–Trinajstić information content (AvgIpc) is 2.72. The lowest BCUT2D eigenvalue weighted by Gasteiger charge is -2.04. The van der Waals surface area contributed by atoms with Crippen molar-refractivity contribution in [2.24, 2.45) is 5.73 Å². The number of hydrogen-bond acceptors (Lipinski definition) is 4. The molecule has 0 aliphatic rings. The van der Waals surface area contributed by atoms with Crippen LogP contribution in [0.5, 0.6) is 0 Å². The molecule has 0 radical (unpaired) electrons. The van der Waals surface area contributed by atoms with Crippen molar-refractivity contribution in [1.29, 1.82) is 0 Å². The summed E-state index contributed by atoms with van der Waals surface area (Å²) in [6.45, 7) is 0. The molecule has 1 heterocycles. The summed E-state index contributed by atoms with van der Waals surface area (Å²) < 4.78 is 0. The fourth-order valence-corrected chi connectivity index (χ4v) is 1.87. The fourth-order valence-electron chi connectivity index (χ4n) is 1.87. The van der Waals surface area contributed by atoms with Gasteiger partial charge in [-0.1, -0.05) is 6.07 Å². The molecule has 0 fully saturated rings. The van der Waals surface area contributed by atoms with E-state index in [1.165, 1.54) is 6.07 Å². The first-order valence-electron chi connectivity index (χ1n) is 5.22. The molecule has 0 spiro atoms. The maximum atomic E-state index is 10.9. The van der Waals surface area contributed by atoms with Crippen molar-refractivity contribution < 1.29 is 14.8 Å². The number of nitrogens with two attached hydrogens (primary N) is 1. The molecular weight excluding hydrogens is 238 g/mol. The number of rotatable bonds is 4. The van der Waals surface area contributed by atoms with Crippen molar-refractivity contribution in [2.75, 3.05) is 0 Å². The van der Waals surface area contributed by atoms with Gasteiger partial charge in [0.25, 0.3) is 5.69 Å². The number of nitrogens with zero attached hydrogens (tertiary/aromatic N) is 1. The standard InChI is InChI=1S/C11H11N3O4/c12-7(11(15)16)4-6-5-13-8-2-1-3-9(10(6)8)14(17)18/h1-3,5,7,13H,4,12H2,(H,15,16)/t7-/m1/s1. The number of carboxylic acid groups (broad SMARTS) is 1. The summed E-state index contributed by atoms with van der Waals surface area (Å²) in [4.78, 5) is 24.0. The van der Waals surface area contributed by atoms with Gasteiger partial charge in [0.2, 0.25) is 0 Å². The molecule has 0 aliphatic carbocycles. The summed E-state index contributed by atoms with van der Waals surface area (Å²) in [6, 6.07) is 3.56. The van der Waals surface area contributed by atoms with E-state index >= 15 is 0 Å². The average molecular weight is 249 g/mol. The van der Waals surface area contributed by atoms with Gasteiger partial charge in [-0.2, -0.15) is 0 Å². The molecule has 7 nitrogen and oxygen atoms in total. The predicted molar refractivity (Wildman–Crippen MR) is 64.3 cm³/mol. The summed E-state index contributed by atoms with van der Waals surface area (Å²) in [6.07, 6.45) is 1.60. The number of aromatic amines is 1. The van der Waals surface area contributed by atoms with Gasteiger partial charge >= 0.3 is 5.97 Å². The highest BCUT2D eigenvalue weighted by atomic mass is 16.6. The van der Waals surface area contributed by atoms with Gasteiger partial charge in [0.1, 0.15) is 6.04 Å². The highest BCUT2D eigenvalue weighted by molar-refractivity contribution is 5.92. The van der Waals surface area contributed by atoms with Crippen LogP contribution in [-0.4, -0.2) is 27.0 Å². The summed E-state index contributed by atoms with van der Waals surface area (Å²) >= 11 is 0. The number of carboxylic acids is 1. The molecule has 1 atom stereocenters. The van der Waals surface area contributed by atoms with Gasteiger partial charge in [-0.15, -0.1) is 0 Å². The first-order valence-corrected chi connectivity index (χ1v) is 5.22. The van der Waals surface area contributed by atoms with Crippen LogP contribution < -0.4 is 5.73 Å². The molecule has 7 heteroatoms. The number of hydrogen-bond donors (Lipinski definition) is 3. The maximum absolute atomic E-state index is 10.9. The zero-order valence-electron chi connectivity index (χ0n) is 9.29. The molecule has 0 amide bonds. The van der Waals surface area contributed by atoms with E-state index in [2.05, 4.69) is 4.98 Å². The third kappa shape index (κ3) is 2.03. The van der Waals surface area contributed by atoms with Crippen molar-refractivity contribution in [3.05, 3.63) is 40.1 Å². The number of benzene rings is 1. The van der Waals surface area contributed by atoms with Crippen molar-refractivity contribution in [3.8, 4) is 0 Å². The Bertz CT molecular complexity index is 620. The predicted octanol–water partition coefficient (Wildman–Crippen LogP) is 1.03. The smallest absolute Gasteiger partial charge is 0.320 e. The van der Waals surface area contributed by atoms with E-state index in [1.807, 2.05) is 0 Å². The Morgan fingerprint density at radius 1 is 1.56 bits per heavy atom. The van der Waals surface area contributed by atoms with E-state index in [4.69, 9.17) is 10.8 Å². The molecule has 0 saturated carbocycles. The Labute approximate surface area is 101 Å². The van der Waals surface area contributed by atoms with E-state index in [-0.39, 0.29) is 12.1 Å². The SMILES string of the molecule is N[C@H](Cc1c[nH]c2cccc([N+](=O)[O-])c12)C(=O)O. The Morgan fingerprint density at radius 2 is 2.28 bits per heavy atom. The van der Waals surface area contributed by atoms with E-state index < -0.39 is 16.9 Å². The Hall–Kier alpha value is -2.41. The van der Waals surface area contributed by atoms with Gasteiger partial charge in [0.15, 0.2) is 0 Å². The van der Waals surface area contributed by atoms with Crippen LogP contribution in [0.15, 0.2) is 24.4 Å². The molecule has 4 N–H and O–H groups in total. The third-order valence-electron chi connectivity index (χ3n) is 2.72. The number of aromatic nitrogens is 1. The molecule has 94 valence electrons. The molecule has 2 rings (SSSR count). The second-order valence-electron chi connectivity index (χ2n) is 3.92. The van der Waals surface area contributed by atoms with Gasteiger partial charge < -0.3 is 15.8 Å². The number of aliphatic carboxylic acids is 1. The van der Waals surface area contributed by atoms with E-state index in [0.717, 1.165) is 0 Å². The van der Waals surface area contributed by atoms with Crippen LogP contribution in [0.4, 0.5) is 5.69 Å². The minimum absolute atomic E-state index is 0.0419. The summed E-state index contributed by atoms with van der Waals surface area (Å²) in [5.41, 5.74) is 6.52. The van der Waals surface area contributed by atoms with Crippen LogP contribution in [0.1, 0.15) is 5.56 Å². The zero-order valence-corrected chi connectivity index (χ0v) is 9.29. The monoisotopic (exact) mass is 249 g/mol. The molecule has 0 bridgehead atoms. The second-order valence-corrected chi connectivity index (χ2v) is 3.92. The van der Waals surface area contributed by atoms with E-state index in [0.29, 0.717) is 16.5 Å². The van der Waals surface area contributed by atoms with Crippen molar-refractivity contribution in [2.45, 2.75) is 12.5 Å². The number of nitrogens with one attached hydrogen (secondary N) is 1. The molecule has 18 heavy (non-hydrogen) atoms. The van der Waals surface area contributed by atoms with Gasteiger partial charge in [0.05, 0.1) is 15.8 Å². The Balaban J connectivity index is 2.52. The van der Waals surface area contributed by atoms with Crippen LogP contribution in [0, 0.1) is 10.1 Å². The minimum Gasteiger partial charge on any atom is -0.480 e. The van der Waals surface area contributed by atoms with Gasteiger partial charge in [-0.3, -0.25) is 14.9 Å². The Morgan fingerprint density at radius 3 is 2.89 bits per heavy atom. The quantitative estimate of drug-likeness (QED) is 0.551. The second kappa shape index (κ2) is 4.46. The summed E-state index contributed by atoms with van der Waals surface area (Å²) in [5.74, 6) is -1.14. The van der Waals surface area contributed by atoms with Crippen molar-refractivity contribution >= 4 is 22.6 Å². The van der Waals surface area contributed by atoms with Crippen LogP contribution >= 0.6 is 0 Å². The topological polar surface area (TPSA) is 122 Å². The lowest BCUT2D eigenvalue weighted by atomic mass is 10.0. The maximum Gasteiger partial charge on any atom is 0.320 e. The third-order valence-corrected chi connectivity index (χ3v) is 2.72. The molecule has 0 aliphatic heterocycles. The van der Waals surface area contributed by atoms with Gasteiger partial charge in [-0.25, -0.2) is 0 Å². The normalized spacial score (nSPS) is 12.5. The number of H-pyrrole nitrogens is 1. The van der Waals surface area contributed by atoms with Crippen LogP contribution in [-0.2, 0) is 11.2 Å². The lowest BCUT2D eigenvalue weighted by molar-refractivity contribution is -0.383. The number of nitro benzene ring substituents is 1. The lowest BCUT2D eigenvalue weighted by Crippen LogP contribution is -2.32. The van der Waals surface area contributed by atoms with Crippen molar-refractivity contribution in [3.63, 3.8) is 0 Å². The summed E-state index contributed by atoms with van der Waals surface area (Å²) in [7, 11) is 0. The highest BCUT2D eigenvalue weighted by Gasteiger charge is 2.20.